The summed E-state index contributed by atoms with van der Waals surface area (Å²) in [6.07, 6.45) is 0. The number of hydrogen-bond donors (Lipinski definition) is 1. The lowest BCUT2D eigenvalue weighted by Gasteiger charge is -2.01. The van der Waals surface area contributed by atoms with E-state index in [1.54, 1.807) is 42.5 Å². The fourth-order valence-corrected chi connectivity index (χ4v) is 3.17. The van der Waals surface area contributed by atoms with Gasteiger partial charge in [-0.1, -0.05) is 36.4 Å². The molecule has 22 heavy (non-hydrogen) atoms. The molecule has 0 unspecified atom stereocenters. The normalized spacial score (nSPS) is 11.5. The molecule has 106 valence electrons. The van der Waals surface area contributed by atoms with Crippen LogP contribution in [-0.2, 0) is 0 Å². The predicted molar refractivity (Wildman–Crippen MR) is 84.1 cm³/mol. The van der Waals surface area contributed by atoms with Crippen LogP contribution in [0.1, 0.15) is 0 Å². The van der Waals surface area contributed by atoms with Gasteiger partial charge in [0.1, 0.15) is 11.1 Å². The third-order valence-corrected chi connectivity index (χ3v) is 4.14. The summed E-state index contributed by atoms with van der Waals surface area (Å²) in [4.78, 5) is 25.4. The summed E-state index contributed by atoms with van der Waals surface area (Å²) in [5.41, 5.74) is -0.609. The Morgan fingerprint density at radius 1 is 0.818 bits per heavy atom. The van der Waals surface area contributed by atoms with Crippen molar-refractivity contribution >= 4 is 21.5 Å². The molecule has 2 aromatic carbocycles. The van der Waals surface area contributed by atoms with E-state index in [0.29, 0.717) is 37.7 Å². The lowest BCUT2D eigenvalue weighted by molar-refractivity contribution is 0.419. The Hall–Kier alpha value is -3.01. The molecule has 4 heteroatoms. The van der Waals surface area contributed by atoms with E-state index in [2.05, 4.69) is 0 Å². The van der Waals surface area contributed by atoms with Crippen LogP contribution in [0.3, 0.4) is 0 Å². The van der Waals surface area contributed by atoms with Crippen molar-refractivity contribution in [3.8, 4) is 5.75 Å². The second kappa shape index (κ2) is 4.24. The summed E-state index contributed by atoms with van der Waals surface area (Å²) in [5, 5.41) is 10.8. The van der Waals surface area contributed by atoms with Gasteiger partial charge in [-0.3, -0.25) is 15.0 Å². The highest BCUT2D eigenvalue weighted by atomic mass is 16.5. The topological polar surface area (TPSA) is 67.2 Å². The van der Waals surface area contributed by atoms with Gasteiger partial charge in [-0.05, 0) is 11.5 Å². The van der Waals surface area contributed by atoms with Gasteiger partial charge in [0.2, 0.25) is 5.43 Å². The van der Waals surface area contributed by atoms with E-state index in [-0.39, 0.29) is 10.8 Å². The molecule has 0 bridgehead atoms. The highest BCUT2D eigenvalue weighted by Crippen LogP contribution is 2.26. The molecule has 4 rings (SSSR count). The van der Waals surface area contributed by atoms with Gasteiger partial charge in [-0.25, -0.2) is 0 Å². The molecule has 0 atom stereocenters. The standard InChI is InChI=1S/C18H11NO3/c1-22-12-8-4-7-11-13(12)15-14(17(11)20)9-5-2-3-6-10(9)16(19)18(15)21/h2-8,19H,1H3. The maximum atomic E-state index is 12.8. The van der Waals surface area contributed by atoms with E-state index in [1.807, 2.05) is 0 Å². The summed E-state index contributed by atoms with van der Waals surface area (Å²) < 4.78 is 5.32. The lowest BCUT2D eigenvalue weighted by atomic mass is 10.1. The van der Waals surface area contributed by atoms with Crippen molar-refractivity contribution in [3.63, 3.8) is 0 Å². The van der Waals surface area contributed by atoms with Crippen molar-refractivity contribution in [1.29, 1.82) is 5.41 Å². The van der Waals surface area contributed by atoms with E-state index in [4.69, 9.17) is 10.1 Å². The van der Waals surface area contributed by atoms with E-state index in [1.165, 1.54) is 7.11 Å². The van der Waals surface area contributed by atoms with Crippen molar-refractivity contribution in [2.75, 3.05) is 7.11 Å². The molecule has 4 nitrogen and oxygen atoms in total. The zero-order valence-electron chi connectivity index (χ0n) is 11.8. The van der Waals surface area contributed by atoms with Crippen molar-refractivity contribution in [2.24, 2.45) is 0 Å². The van der Waals surface area contributed by atoms with Gasteiger partial charge in [0, 0.05) is 26.6 Å². The summed E-state index contributed by atoms with van der Waals surface area (Å²) in [7, 11) is 1.51. The number of benzene rings is 2. The first-order valence-corrected chi connectivity index (χ1v) is 6.84. The Bertz CT molecular complexity index is 1260. The average Bonchev–Trinajstić information content (AvgIpc) is 2.86. The van der Waals surface area contributed by atoms with Crippen molar-refractivity contribution in [2.45, 2.75) is 0 Å². The number of hydrogen-bond acceptors (Lipinski definition) is 4. The monoisotopic (exact) mass is 289 g/mol. The fraction of sp³-hybridized carbons (Fsp3) is 0.0556. The highest BCUT2D eigenvalue weighted by molar-refractivity contribution is 5.94. The summed E-state index contributed by atoms with van der Waals surface area (Å²) in [6.45, 7) is 0. The van der Waals surface area contributed by atoms with Crippen molar-refractivity contribution in [3.05, 3.63) is 78.7 Å². The first kappa shape index (κ1) is 12.7. The van der Waals surface area contributed by atoms with Crippen LogP contribution in [0.4, 0.5) is 0 Å². The van der Waals surface area contributed by atoms with Crippen LogP contribution < -0.4 is 21.0 Å². The zero-order valence-corrected chi connectivity index (χ0v) is 11.8. The van der Waals surface area contributed by atoms with E-state index >= 15 is 0 Å². The second-order valence-corrected chi connectivity index (χ2v) is 5.21. The van der Waals surface area contributed by atoms with E-state index in [9.17, 15) is 9.59 Å². The summed E-state index contributed by atoms with van der Waals surface area (Å²) >= 11 is 0. The SMILES string of the molecule is COc1cccc2c(=O)c3c4ccccc4c(=N)c(=O)c=3c12. The minimum Gasteiger partial charge on any atom is -0.496 e. The summed E-state index contributed by atoms with van der Waals surface area (Å²) in [6, 6.07) is 12.2. The molecule has 1 N–H and O–H groups in total. The van der Waals surface area contributed by atoms with Gasteiger partial charge in [0.25, 0.3) is 0 Å². The van der Waals surface area contributed by atoms with Gasteiger partial charge in [-0.2, -0.15) is 0 Å². The first-order chi connectivity index (χ1) is 10.6. The van der Waals surface area contributed by atoms with Gasteiger partial charge in [0.05, 0.1) is 7.11 Å². The van der Waals surface area contributed by atoms with E-state index < -0.39 is 5.43 Å². The number of nitrogens with one attached hydrogen (secondary N) is 1. The molecule has 2 aliphatic carbocycles. The van der Waals surface area contributed by atoms with Crippen molar-refractivity contribution < 1.29 is 4.74 Å². The molecule has 0 heterocycles. The number of methoxy groups -OCH3 is 1. The molecule has 0 saturated carbocycles. The Morgan fingerprint density at radius 3 is 2.23 bits per heavy atom. The fourth-order valence-electron chi connectivity index (χ4n) is 3.17. The third kappa shape index (κ3) is 1.39. The predicted octanol–water partition coefficient (Wildman–Crippen LogP) is 1.80. The minimum atomic E-state index is -0.426. The molecular formula is C18H11NO3. The van der Waals surface area contributed by atoms with Gasteiger partial charge < -0.3 is 4.74 Å². The maximum absolute atomic E-state index is 12.8. The van der Waals surface area contributed by atoms with Crippen LogP contribution >= 0.6 is 0 Å². The first-order valence-electron chi connectivity index (χ1n) is 6.84. The van der Waals surface area contributed by atoms with Gasteiger partial charge >= 0.3 is 0 Å². The number of fused-ring (bicyclic) bond motifs is 4. The molecule has 0 radical (unpaired) electrons. The zero-order chi connectivity index (χ0) is 15.4. The molecular weight excluding hydrogens is 278 g/mol. The van der Waals surface area contributed by atoms with Crippen LogP contribution in [0.2, 0.25) is 0 Å². The van der Waals surface area contributed by atoms with Crippen LogP contribution in [0.15, 0.2) is 52.1 Å². The van der Waals surface area contributed by atoms with Crippen LogP contribution in [0, 0.1) is 15.8 Å². The minimum absolute atomic E-state index is 0.0825. The molecule has 0 spiro atoms. The Labute approximate surface area is 124 Å². The number of ether oxygens (including phenoxy) is 1. The van der Waals surface area contributed by atoms with Gasteiger partial charge in [-0.15, -0.1) is 0 Å². The molecule has 0 saturated heterocycles. The molecule has 0 amide bonds. The quantitative estimate of drug-likeness (QED) is 0.581. The Balaban J connectivity index is 2.58. The molecule has 0 fully saturated rings. The smallest absolute Gasteiger partial charge is 0.212 e. The van der Waals surface area contributed by atoms with Crippen LogP contribution in [0.25, 0.3) is 21.5 Å². The molecule has 2 aliphatic rings. The lowest BCUT2D eigenvalue weighted by Crippen LogP contribution is -2.25. The molecule has 0 aromatic heterocycles. The summed E-state index contributed by atoms with van der Waals surface area (Å²) in [5.74, 6) is 0.483. The second-order valence-electron chi connectivity index (χ2n) is 5.21. The van der Waals surface area contributed by atoms with Crippen LogP contribution in [0.5, 0.6) is 5.75 Å². The van der Waals surface area contributed by atoms with Crippen molar-refractivity contribution in [1.82, 2.24) is 0 Å². The third-order valence-electron chi connectivity index (χ3n) is 4.14. The Kier molecular flexibility index (Phi) is 2.45. The molecule has 0 aliphatic heterocycles. The largest absolute Gasteiger partial charge is 0.496 e. The average molecular weight is 289 g/mol. The van der Waals surface area contributed by atoms with Gasteiger partial charge in [0.15, 0.2) is 5.43 Å². The molecule has 2 aromatic rings. The van der Waals surface area contributed by atoms with Crippen LogP contribution in [-0.4, -0.2) is 7.11 Å². The van der Waals surface area contributed by atoms with E-state index in [0.717, 1.165) is 0 Å². The maximum Gasteiger partial charge on any atom is 0.212 e. The highest BCUT2D eigenvalue weighted by Gasteiger charge is 2.17. The number of rotatable bonds is 1. The Morgan fingerprint density at radius 2 is 1.50 bits per heavy atom.